The van der Waals surface area contributed by atoms with Crippen molar-refractivity contribution in [2.45, 2.75) is 149 Å². The van der Waals surface area contributed by atoms with Crippen molar-refractivity contribution in [3.8, 4) is 0 Å². The molecule has 20 atom stereocenters. The number of carbonyl (C=O) groups is 2. The van der Waals surface area contributed by atoms with E-state index in [4.69, 9.17) is 38.7 Å². The van der Waals surface area contributed by atoms with Gasteiger partial charge in [0, 0.05) is 24.8 Å². The number of nitrogens with zero attached hydrogens (tertiary/aromatic N) is 3. The van der Waals surface area contributed by atoms with Crippen LogP contribution in [0, 0.1) is 0 Å². The SMILES string of the molecule is CC(=O)N[C@H]1[C@H](O[C@H]2[C@@H](O)[C@@H](CO)O[C@H](O[C@H]3[C@@H](O)[C@@H](CO)O[C@@H](O[C@H]4[C@H](O)[C@@H](O)[C@H](NC(=O)CCCCN=[N+]=[N-])O[C@@H]4CO)[C@@H]3O)[C@@H]2O)O[C@H](CO)[C@H](O)[C@@H]1O. The molecule has 4 heterocycles. The molecule has 4 rings (SSSR count). The number of amides is 2. The maximum atomic E-state index is 12.4. The van der Waals surface area contributed by atoms with E-state index in [1.807, 2.05) is 0 Å². The number of unbranched alkanes of at least 4 members (excludes halogenated alkanes) is 1. The quantitative estimate of drug-likeness (QED) is 0.0280. The van der Waals surface area contributed by atoms with E-state index in [0.29, 0.717) is 12.8 Å². The summed E-state index contributed by atoms with van der Waals surface area (Å²) >= 11 is 0. The molecule has 0 bridgehead atoms. The Morgan fingerprint density at radius 3 is 1.60 bits per heavy atom. The summed E-state index contributed by atoms with van der Waals surface area (Å²) in [5.74, 6) is -1.31. The van der Waals surface area contributed by atoms with Gasteiger partial charge in [-0.05, 0) is 18.4 Å². The first-order valence-corrected chi connectivity index (χ1v) is 18.2. The monoisotopic (exact) mass is 831 g/mol. The van der Waals surface area contributed by atoms with Crippen LogP contribution in [0.25, 0.3) is 10.4 Å². The molecule has 26 nitrogen and oxygen atoms in total. The Morgan fingerprint density at radius 1 is 0.596 bits per heavy atom. The van der Waals surface area contributed by atoms with Crippen LogP contribution < -0.4 is 10.6 Å². The molecule has 26 heteroatoms. The minimum atomic E-state index is -2.09. The molecule has 2 amide bonds. The molecular formula is C31H53N5O21. The van der Waals surface area contributed by atoms with Crippen LogP contribution in [0.15, 0.2) is 5.11 Å². The molecule has 4 saturated heterocycles. The zero-order valence-electron chi connectivity index (χ0n) is 30.6. The first-order chi connectivity index (χ1) is 27.1. The first-order valence-electron chi connectivity index (χ1n) is 18.2. The summed E-state index contributed by atoms with van der Waals surface area (Å²) < 4.78 is 39.4. The van der Waals surface area contributed by atoms with Crippen LogP contribution in [0.5, 0.6) is 0 Å². The number of nitrogens with one attached hydrogen (secondary N) is 2. The summed E-state index contributed by atoms with van der Waals surface area (Å²) in [4.78, 5) is 26.9. The molecule has 14 N–H and O–H groups in total. The average Bonchev–Trinajstić information content (AvgIpc) is 3.18. The number of aliphatic hydroxyl groups is 12. The summed E-state index contributed by atoms with van der Waals surface area (Å²) in [5.41, 5.74) is 8.36. The van der Waals surface area contributed by atoms with Crippen molar-refractivity contribution in [1.29, 1.82) is 0 Å². The molecule has 0 aliphatic carbocycles. The van der Waals surface area contributed by atoms with Crippen molar-refractivity contribution in [1.82, 2.24) is 10.6 Å². The summed E-state index contributed by atoms with van der Waals surface area (Å²) in [6, 6.07) is -1.52. The molecule has 4 aliphatic rings. The highest BCUT2D eigenvalue weighted by Crippen LogP contribution is 2.34. The third-order valence-corrected chi connectivity index (χ3v) is 9.91. The second-order valence-electron chi connectivity index (χ2n) is 13.9. The molecule has 0 aromatic rings. The van der Waals surface area contributed by atoms with Crippen molar-refractivity contribution in [3.63, 3.8) is 0 Å². The van der Waals surface area contributed by atoms with E-state index >= 15 is 0 Å². The Morgan fingerprint density at radius 2 is 1.09 bits per heavy atom. The molecule has 0 saturated carbocycles. The summed E-state index contributed by atoms with van der Waals surface area (Å²) in [7, 11) is 0. The van der Waals surface area contributed by atoms with Crippen LogP contribution in [-0.2, 0) is 42.7 Å². The van der Waals surface area contributed by atoms with Gasteiger partial charge in [0.05, 0.1) is 26.4 Å². The number of hydrogen-bond acceptors (Lipinski definition) is 22. The molecule has 0 unspecified atom stereocenters. The van der Waals surface area contributed by atoms with E-state index in [9.17, 15) is 70.9 Å². The molecule has 0 aromatic carbocycles. The molecule has 4 fully saturated rings. The average molecular weight is 832 g/mol. The minimum Gasteiger partial charge on any atom is -0.394 e. The Hall–Kier alpha value is -2.51. The Kier molecular flexibility index (Phi) is 17.9. The van der Waals surface area contributed by atoms with Gasteiger partial charge in [-0.25, -0.2) is 0 Å². The van der Waals surface area contributed by atoms with Crippen molar-refractivity contribution in [3.05, 3.63) is 10.4 Å². The largest absolute Gasteiger partial charge is 0.394 e. The lowest BCUT2D eigenvalue weighted by Gasteiger charge is -2.49. The van der Waals surface area contributed by atoms with Gasteiger partial charge < -0.3 is 105 Å². The van der Waals surface area contributed by atoms with Gasteiger partial charge in [-0.2, -0.15) is 0 Å². The highest BCUT2D eigenvalue weighted by atomic mass is 16.8. The molecule has 4 aliphatic heterocycles. The van der Waals surface area contributed by atoms with Crippen LogP contribution in [-0.4, -0.2) is 229 Å². The maximum absolute atomic E-state index is 12.4. The van der Waals surface area contributed by atoms with Crippen LogP contribution in [0.2, 0.25) is 0 Å². The topological polar surface area (TPSA) is 414 Å². The Balaban J connectivity index is 1.49. The van der Waals surface area contributed by atoms with E-state index < -0.39 is 161 Å². The fourth-order valence-corrected chi connectivity index (χ4v) is 6.82. The van der Waals surface area contributed by atoms with E-state index in [0.717, 1.165) is 6.92 Å². The highest BCUT2D eigenvalue weighted by molar-refractivity contribution is 5.76. The van der Waals surface area contributed by atoms with Gasteiger partial charge in [0.1, 0.15) is 97.6 Å². The van der Waals surface area contributed by atoms with E-state index in [1.165, 1.54) is 0 Å². The fraction of sp³-hybridized carbons (Fsp3) is 0.935. The van der Waals surface area contributed by atoms with Gasteiger partial charge in [0.15, 0.2) is 25.1 Å². The van der Waals surface area contributed by atoms with Crippen molar-refractivity contribution < 1.29 is 104 Å². The first kappa shape index (κ1) is 47.2. The van der Waals surface area contributed by atoms with E-state index in [2.05, 4.69) is 20.7 Å². The fourth-order valence-electron chi connectivity index (χ4n) is 6.82. The lowest BCUT2D eigenvalue weighted by molar-refractivity contribution is -0.383. The number of carbonyl (C=O) groups excluding carboxylic acids is 2. The maximum Gasteiger partial charge on any atom is 0.222 e. The molecule has 328 valence electrons. The van der Waals surface area contributed by atoms with Gasteiger partial charge in [0.2, 0.25) is 11.8 Å². The van der Waals surface area contributed by atoms with Crippen LogP contribution in [0.1, 0.15) is 26.2 Å². The zero-order valence-corrected chi connectivity index (χ0v) is 30.6. The minimum absolute atomic E-state index is 0.0601. The predicted octanol–water partition coefficient (Wildman–Crippen LogP) is -8.00. The number of aliphatic hydroxyl groups excluding tert-OH is 12. The van der Waals surface area contributed by atoms with Gasteiger partial charge in [-0.1, -0.05) is 5.11 Å². The van der Waals surface area contributed by atoms with Crippen LogP contribution in [0.3, 0.4) is 0 Å². The predicted molar refractivity (Wildman–Crippen MR) is 179 cm³/mol. The Bertz CT molecular complexity index is 1340. The number of ether oxygens (including phenoxy) is 7. The van der Waals surface area contributed by atoms with Gasteiger partial charge in [-0.15, -0.1) is 0 Å². The number of hydrogen-bond donors (Lipinski definition) is 14. The third-order valence-electron chi connectivity index (χ3n) is 9.91. The zero-order chi connectivity index (χ0) is 42.1. The molecule has 57 heavy (non-hydrogen) atoms. The Labute approximate surface area is 324 Å². The van der Waals surface area contributed by atoms with E-state index in [-0.39, 0.29) is 13.0 Å². The number of azide groups is 1. The molecule has 0 aromatic heterocycles. The van der Waals surface area contributed by atoms with Crippen LogP contribution >= 0.6 is 0 Å². The number of rotatable bonds is 17. The lowest BCUT2D eigenvalue weighted by atomic mass is 9.95. The van der Waals surface area contributed by atoms with Gasteiger partial charge in [-0.3, -0.25) is 9.59 Å². The lowest BCUT2D eigenvalue weighted by Crippen LogP contribution is -2.69. The van der Waals surface area contributed by atoms with Crippen molar-refractivity contribution in [2.75, 3.05) is 33.0 Å². The van der Waals surface area contributed by atoms with Crippen LogP contribution in [0.4, 0.5) is 0 Å². The summed E-state index contributed by atoms with van der Waals surface area (Å²) in [6.07, 6.45) is -33.4. The molecule has 0 spiro atoms. The van der Waals surface area contributed by atoms with E-state index in [1.54, 1.807) is 0 Å². The highest BCUT2D eigenvalue weighted by Gasteiger charge is 2.55. The second-order valence-corrected chi connectivity index (χ2v) is 13.9. The van der Waals surface area contributed by atoms with Crippen molar-refractivity contribution >= 4 is 11.8 Å². The molecular weight excluding hydrogens is 778 g/mol. The smallest absolute Gasteiger partial charge is 0.222 e. The van der Waals surface area contributed by atoms with Gasteiger partial charge >= 0.3 is 0 Å². The standard InChI is InChI=1S/C31H53N5O21/c1-10(41)34-16-20(46)17(43)11(6-37)52-29(16)56-26-18(44)12(7-38)54-31(23(26)49)57-27-19(45)13(8-39)53-30(24(27)50)55-25-14(9-40)51-28(22(48)21(25)47)35-15(42)4-2-3-5-33-36-32/h11-14,16-31,37-40,43-50H,2-9H2,1H3,(H,34,41)(H,35,42)/t11-,12-,13-,14-,16-,17+,18+,19+,20-,21-,22-,23-,24-,25-,26+,27+,28-,29+,30+,31-/m1/s1. The van der Waals surface area contributed by atoms with Crippen molar-refractivity contribution in [2.24, 2.45) is 5.11 Å². The summed E-state index contributed by atoms with van der Waals surface area (Å²) in [5, 5.41) is 135. The summed E-state index contributed by atoms with van der Waals surface area (Å²) in [6.45, 7) is -2.32. The van der Waals surface area contributed by atoms with Gasteiger partial charge in [0.25, 0.3) is 0 Å². The normalized spacial score (nSPS) is 43.8. The third kappa shape index (κ3) is 11.2. The second kappa shape index (κ2) is 21.7. The molecule has 0 radical (unpaired) electrons.